The van der Waals surface area contributed by atoms with Gasteiger partial charge in [0.1, 0.15) is 23.0 Å². The van der Waals surface area contributed by atoms with Gasteiger partial charge in [-0.05, 0) is 70.1 Å². The molecular formula is C26H12Cl6N4O2S2. The van der Waals surface area contributed by atoms with Crippen LogP contribution in [0.25, 0.3) is 22.1 Å². The molecule has 0 aliphatic rings. The molecule has 40 heavy (non-hydrogen) atoms. The minimum Gasteiger partial charge on any atom is -0.454 e. The summed E-state index contributed by atoms with van der Waals surface area (Å²) in [6.07, 6.45) is 0. The van der Waals surface area contributed by atoms with E-state index in [-0.39, 0.29) is 0 Å². The van der Waals surface area contributed by atoms with E-state index in [9.17, 15) is 0 Å². The molecule has 2 N–H and O–H groups in total. The molecular weight excluding hydrogens is 677 g/mol. The summed E-state index contributed by atoms with van der Waals surface area (Å²) in [6.45, 7) is 0. The van der Waals surface area contributed by atoms with Gasteiger partial charge >= 0.3 is 0 Å². The van der Waals surface area contributed by atoms with Crippen molar-refractivity contribution in [3.8, 4) is 23.0 Å². The Morgan fingerprint density at radius 2 is 0.900 bits per heavy atom. The van der Waals surface area contributed by atoms with E-state index in [1.54, 1.807) is 60.7 Å². The van der Waals surface area contributed by atoms with Gasteiger partial charge in [-0.25, -0.2) is 9.97 Å². The topological polar surface area (TPSA) is 75.8 Å². The summed E-state index contributed by atoms with van der Waals surface area (Å²) in [6, 6.07) is 16.9. The Hall–Kier alpha value is -2.14. The summed E-state index contributed by atoms with van der Waals surface area (Å²) in [5.41, 5.74) is 2.85. The average Bonchev–Trinajstić information content (AvgIpc) is 3.48. The average molecular weight is 689 g/mol. The van der Waals surface area contributed by atoms with Crippen molar-refractivity contribution in [3.63, 3.8) is 0 Å². The zero-order chi connectivity index (χ0) is 28.0. The summed E-state index contributed by atoms with van der Waals surface area (Å²) in [5, 5.41) is 3.85. The van der Waals surface area contributed by atoms with Gasteiger partial charge in [0.05, 0.1) is 42.2 Å². The maximum absolute atomic E-state index is 6.45. The molecule has 0 spiro atoms. The van der Waals surface area contributed by atoms with Crippen LogP contribution < -0.4 is 9.47 Å². The molecule has 14 heteroatoms. The van der Waals surface area contributed by atoms with Gasteiger partial charge in [0.15, 0.2) is 10.3 Å². The number of aromatic amines is 2. The molecule has 0 aliphatic carbocycles. The molecule has 2 aromatic heterocycles. The Kier molecular flexibility index (Phi) is 8.14. The number of hydrogen-bond acceptors (Lipinski definition) is 6. The predicted octanol–water partition coefficient (Wildman–Crippen LogP) is 11.7. The van der Waals surface area contributed by atoms with Gasteiger partial charge in [0.2, 0.25) is 0 Å². The molecule has 0 atom stereocenters. The van der Waals surface area contributed by atoms with Gasteiger partial charge < -0.3 is 19.4 Å². The largest absolute Gasteiger partial charge is 0.454 e. The highest BCUT2D eigenvalue weighted by Crippen LogP contribution is 2.41. The van der Waals surface area contributed by atoms with Crippen LogP contribution in [0.15, 0.2) is 71.0 Å². The lowest BCUT2D eigenvalue weighted by molar-refractivity contribution is 0.483. The lowest BCUT2D eigenvalue weighted by Crippen LogP contribution is -1.87. The summed E-state index contributed by atoms with van der Waals surface area (Å²) in [5.74, 6) is 1.73. The number of rotatable bonds is 7. The van der Waals surface area contributed by atoms with Crippen molar-refractivity contribution in [1.82, 2.24) is 19.9 Å². The quantitative estimate of drug-likeness (QED) is 0.163. The van der Waals surface area contributed by atoms with E-state index in [2.05, 4.69) is 19.9 Å². The van der Waals surface area contributed by atoms with Gasteiger partial charge in [-0.2, -0.15) is 0 Å². The molecule has 2 heterocycles. The normalized spacial score (nSPS) is 11.4. The first-order valence-electron chi connectivity index (χ1n) is 11.2. The molecule has 6 rings (SSSR count). The molecule has 6 nitrogen and oxygen atoms in total. The van der Waals surface area contributed by atoms with E-state index in [0.717, 1.165) is 11.0 Å². The van der Waals surface area contributed by atoms with Gasteiger partial charge in [-0.15, -0.1) is 0 Å². The number of hydrogen-bond donors (Lipinski definition) is 2. The molecule has 0 aliphatic heterocycles. The van der Waals surface area contributed by atoms with Gasteiger partial charge in [0.25, 0.3) is 0 Å². The number of nitrogens with one attached hydrogen (secondary N) is 2. The molecule has 0 amide bonds. The van der Waals surface area contributed by atoms with E-state index in [0.29, 0.717) is 74.5 Å². The van der Waals surface area contributed by atoms with Crippen LogP contribution in [0, 0.1) is 0 Å². The fourth-order valence-corrected chi connectivity index (χ4v) is 6.61. The molecule has 4 aromatic carbocycles. The zero-order valence-electron chi connectivity index (χ0n) is 19.6. The summed E-state index contributed by atoms with van der Waals surface area (Å²) in [4.78, 5) is 15.7. The third-order valence-corrected chi connectivity index (χ3v) is 9.09. The predicted molar refractivity (Wildman–Crippen MR) is 167 cm³/mol. The second-order valence-corrected chi connectivity index (χ2v) is 12.8. The number of imidazole rings is 2. The molecule has 0 unspecified atom stereocenters. The number of benzene rings is 4. The fraction of sp³-hybridized carbons (Fsp3) is 0. The van der Waals surface area contributed by atoms with Crippen molar-refractivity contribution < 1.29 is 9.47 Å². The van der Waals surface area contributed by atoms with E-state index < -0.39 is 0 Å². The lowest BCUT2D eigenvalue weighted by atomic mass is 10.3. The van der Waals surface area contributed by atoms with Gasteiger partial charge in [-0.3, -0.25) is 0 Å². The van der Waals surface area contributed by atoms with E-state index >= 15 is 0 Å². The monoisotopic (exact) mass is 686 g/mol. The van der Waals surface area contributed by atoms with Crippen molar-refractivity contribution in [2.24, 2.45) is 0 Å². The van der Waals surface area contributed by atoms with Crippen molar-refractivity contribution in [3.05, 3.63) is 90.8 Å². The van der Waals surface area contributed by atoms with Crippen molar-refractivity contribution >= 4 is 113 Å². The Balaban J connectivity index is 1.18. The summed E-state index contributed by atoms with van der Waals surface area (Å²) in [7, 11) is 2.78. The number of ether oxygens (including phenoxy) is 2. The Morgan fingerprint density at radius 3 is 1.30 bits per heavy atom. The van der Waals surface area contributed by atoms with Gasteiger partial charge in [0, 0.05) is 22.2 Å². The van der Waals surface area contributed by atoms with Crippen molar-refractivity contribution in [2.45, 2.75) is 10.3 Å². The number of halogens is 6. The molecule has 0 saturated heterocycles. The van der Waals surface area contributed by atoms with Crippen LogP contribution in [0.4, 0.5) is 0 Å². The Bertz CT molecular complexity index is 1770. The highest BCUT2D eigenvalue weighted by molar-refractivity contribution is 8.76. The number of aromatic nitrogens is 4. The van der Waals surface area contributed by atoms with E-state index in [1.165, 1.54) is 21.6 Å². The third kappa shape index (κ3) is 6.05. The maximum Gasteiger partial charge on any atom is 0.177 e. The molecule has 6 aromatic rings. The van der Waals surface area contributed by atoms with Crippen LogP contribution in [-0.2, 0) is 0 Å². The summed E-state index contributed by atoms with van der Waals surface area (Å²) >= 11 is 37.3. The Labute approximate surface area is 265 Å². The maximum atomic E-state index is 6.45. The SMILES string of the molecule is Clc1ccc(Oc2cc3[nH]c(SSc4nc5cc(Cl)c(Oc6ccc(Cl)cc6Cl)cc5[nH]4)nc3cc2Cl)c(Cl)c1. The minimum atomic E-state index is 0.375. The first-order valence-corrected chi connectivity index (χ1v) is 15.6. The number of fused-ring (bicyclic) bond motifs is 2. The molecule has 202 valence electrons. The standard InChI is InChI=1S/C26H12Cl6N4O2S2/c27-11-1-3-21(13(29)5-11)37-23-9-19-17(7-15(23)31)33-25(35-19)39-40-26-34-18-8-16(32)24(10-20(18)36-26)38-22-4-2-12(28)6-14(22)30/h1-10H,(H,33,35)(H,34,36). The smallest absolute Gasteiger partial charge is 0.177 e. The van der Waals surface area contributed by atoms with Crippen LogP contribution in [-0.4, -0.2) is 19.9 Å². The highest BCUT2D eigenvalue weighted by Gasteiger charge is 2.15. The third-order valence-electron chi connectivity index (χ3n) is 5.45. The first kappa shape index (κ1) is 28.0. The summed E-state index contributed by atoms with van der Waals surface area (Å²) < 4.78 is 11.8. The Morgan fingerprint density at radius 1 is 0.500 bits per heavy atom. The second-order valence-electron chi connectivity index (χ2n) is 8.20. The van der Waals surface area contributed by atoms with Crippen LogP contribution in [0.1, 0.15) is 0 Å². The second kappa shape index (κ2) is 11.6. The first-order chi connectivity index (χ1) is 19.2. The number of H-pyrrole nitrogens is 2. The van der Waals surface area contributed by atoms with Gasteiger partial charge in [-0.1, -0.05) is 69.6 Å². The molecule has 0 radical (unpaired) electrons. The van der Waals surface area contributed by atoms with E-state index in [1.807, 2.05) is 0 Å². The highest BCUT2D eigenvalue weighted by atomic mass is 35.5. The number of nitrogens with zero attached hydrogens (tertiary/aromatic N) is 2. The van der Waals surface area contributed by atoms with Crippen LogP contribution in [0.5, 0.6) is 23.0 Å². The lowest BCUT2D eigenvalue weighted by Gasteiger charge is -2.09. The molecule has 0 saturated carbocycles. The minimum absolute atomic E-state index is 0.375. The molecule has 0 fully saturated rings. The van der Waals surface area contributed by atoms with Crippen molar-refractivity contribution in [2.75, 3.05) is 0 Å². The fourth-order valence-electron chi connectivity index (χ4n) is 3.64. The van der Waals surface area contributed by atoms with Crippen LogP contribution >= 0.6 is 91.2 Å². The van der Waals surface area contributed by atoms with Crippen LogP contribution in [0.3, 0.4) is 0 Å². The van der Waals surface area contributed by atoms with E-state index in [4.69, 9.17) is 79.1 Å². The van der Waals surface area contributed by atoms with Crippen molar-refractivity contribution in [1.29, 1.82) is 0 Å². The zero-order valence-corrected chi connectivity index (χ0v) is 25.7. The molecule has 0 bridgehead atoms. The van der Waals surface area contributed by atoms with Crippen LogP contribution in [0.2, 0.25) is 30.1 Å².